The van der Waals surface area contributed by atoms with E-state index in [4.69, 9.17) is 9.47 Å². The van der Waals surface area contributed by atoms with Crippen molar-refractivity contribution in [2.24, 2.45) is 5.92 Å². The molecule has 0 aromatic rings. The number of rotatable bonds is 4. The number of amides is 2. The molecule has 0 aromatic carbocycles. The summed E-state index contributed by atoms with van der Waals surface area (Å²) in [6.07, 6.45) is 4.58. The summed E-state index contributed by atoms with van der Waals surface area (Å²) in [7, 11) is 0. The third-order valence-corrected chi connectivity index (χ3v) is 5.26. The van der Waals surface area contributed by atoms with Crippen LogP contribution in [0.3, 0.4) is 0 Å². The monoisotopic (exact) mass is 420 g/mol. The maximum atomic E-state index is 13.7. The largest absolute Gasteiger partial charge is 0.458 e. The van der Waals surface area contributed by atoms with E-state index in [9.17, 15) is 14.4 Å². The Balaban J connectivity index is 2.33. The zero-order valence-corrected chi connectivity index (χ0v) is 19.1. The normalized spacial score (nSPS) is 27.0. The Hall–Kier alpha value is -2.31. The summed E-state index contributed by atoms with van der Waals surface area (Å²) in [5.41, 5.74) is -1.33. The fourth-order valence-electron chi connectivity index (χ4n) is 4.05. The smallest absolute Gasteiger partial charge is 0.410 e. The molecule has 4 atom stereocenters. The average molecular weight is 421 g/mol. The van der Waals surface area contributed by atoms with Gasteiger partial charge in [0.25, 0.3) is 0 Å². The van der Waals surface area contributed by atoms with Gasteiger partial charge in [-0.3, -0.25) is 9.69 Å². The molecule has 7 nitrogen and oxygen atoms in total. The van der Waals surface area contributed by atoms with Crippen LogP contribution in [0.25, 0.3) is 0 Å². The predicted molar refractivity (Wildman–Crippen MR) is 115 cm³/mol. The first-order chi connectivity index (χ1) is 13.8. The molecule has 30 heavy (non-hydrogen) atoms. The number of hydrogen-bond donors (Lipinski definition) is 0. The van der Waals surface area contributed by atoms with Gasteiger partial charge in [-0.15, -0.1) is 13.2 Å². The van der Waals surface area contributed by atoms with Gasteiger partial charge >= 0.3 is 12.1 Å². The Morgan fingerprint density at radius 1 is 0.900 bits per heavy atom. The van der Waals surface area contributed by atoms with E-state index >= 15 is 0 Å². The highest BCUT2D eigenvalue weighted by Gasteiger charge is 2.49. The van der Waals surface area contributed by atoms with Crippen molar-refractivity contribution in [2.75, 3.05) is 6.54 Å². The molecule has 0 bridgehead atoms. The van der Waals surface area contributed by atoms with E-state index in [1.807, 2.05) is 0 Å². The van der Waals surface area contributed by atoms with Crippen molar-refractivity contribution in [1.82, 2.24) is 9.80 Å². The first-order valence-corrected chi connectivity index (χ1v) is 10.6. The molecule has 2 aliphatic heterocycles. The third kappa shape index (κ3) is 5.43. The molecule has 0 radical (unpaired) electrons. The van der Waals surface area contributed by atoms with E-state index in [2.05, 4.69) is 13.2 Å². The molecule has 0 unspecified atom stereocenters. The number of carbonyl (C=O) groups is 3. The maximum Gasteiger partial charge on any atom is 0.410 e. The summed E-state index contributed by atoms with van der Waals surface area (Å²) in [5, 5.41) is 0. The number of nitrogens with zero attached hydrogens (tertiary/aromatic N) is 2. The van der Waals surface area contributed by atoms with Gasteiger partial charge in [-0.2, -0.15) is 0 Å². The molecule has 2 rings (SSSR count). The van der Waals surface area contributed by atoms with Crippen LogP contribution in [0.5, 0.6) is 0 Å². The molecule has 2 saturated heterocycles. The third-order valence-electron chi connectivity index (χ3n) is 5.26. The molecular weight excluding hydrogens is 384 g/mol. The highest BCUT2D eigenvalue weighted by molar-refractivity contribution is 5.91. The van der Waals surface area contributed by atoms with Gasteiger partial charge in [0.05, 0.1) is 6.04 Å². The lowest BCUT2D eigenvalue weighted by atomic mass is 9.98. The molecule has 168 valence electrons. The fourth-order valence-corrected chi connectivity index (χ4v) is 4.05. The van der Waals surface area contributed by atoms with E-state index in [1.54, 1.807) is 58.6 Å². The molecule has 0 N–H and O–H groups in total. The summed E-state index contributed by atoms with van der Waals surface area (Å²) in [4.78, 5) is 42.4. The quantitative estimate of drug-likeness (QED) is 0.512. The summed E-state index contributed by atoms with van der Waals surface area (Å²) in [6, 6.07) is -1.75. The Kier molecular flexibility index (Phi) is 7.05. The van der Waals surface area contributed by atoms with Crippen LogP contribution in [0, 0.1) is 5.92 Å². The predicted octanol–water partition coefficient (Wildman–Crippen LogP) is 3.69. The van der Waals surface area contributed by atoms with E-state index in [0.717, 1.165) is 0 Å². The van der Waals surface area contributed by atoms with Crippen LogP contribution in [0.4, 0.5) is 4.79 Å². The van der Waals surface area contributed by atoms with Crippen molar-refractivity contribution in [3.05, 3.63) is 25.3 Å². The Bertz CT molecular complexity index is 645. The van der Waals surface area contributed by atoms with Crippen molar-refractivity contribution >= 4 is 18.0 Å². The molecule has 2 amide bonds. The number of likely N-dealkylation sites (tertiary alicyclic amines) is 2. The number of ether oxygens (including phenoxy) is 2. The molecule has 2 fully saturated rings. The second-order valence-electron chi connectivity index (χ2n) is 9.98. The van der Waals surface area contributed by atoms with Crippen LogP contribution in [0.15, 0.2) is 25.3 Å². The van der Waals surface area contributed by atoms with E-state index in [-0.39, 0.29) is 17.9 Å². The molecular formula is C23H36N2O5. The van der Waals surface area contributed by atoms with Crippen LogP contribution >= 0.6 is 0 Å². The minimum Gasteiger partial charge on any atom is -0.458 e. The second kappa shape index (κ2) is 8.82. The second-order valence-corrected chi connectivity index (χ2v) is 9.98. The molecule has 0 spiro atoms. The SMILES string of the molecule is C=C[C@H]1CCN(C(=O)OC(C)(C)C)[C@@H]1C(=O)N1[C@@H](C=C)CC[C@H]1C(=O)OC(C)(C)C. The van der Waals surface area contributed by atoms with E-state index in [0.29, 0.717) is 25.8 Å². The maximum absolute atomic E-state index is 13.7. The highest BCUT2D eigenvalue weighted by Crippen LogP contribution is 2.34. The van der Waals surface area contributed by atoms with Gasteiger partial charge in [-0.25, -0.2) is 9.59 Å². The molecule has 7 heteroatoms. The summed E-state index contributed by atoms with van der Waals surface area (Å²) in [6.45, 7) is 18.8. The van der Waals surface area contributed by atoms with Crippen molar-refractivity contribution < 1.29 is 23.9 Å². The molecule has 0 saturated carbocycles. The Morgan fingerprint density at radius 3 is 2.00 bits per heavy atom. The molecule has 2 heterocycles. The minimum absolute atomic E-state index is 0.213. The van der Waals surface area contributed by atoms with Crippen LogP contribution in [0.2, 0.25) is 0 Å². The fraction of sp³-hybridized carbons (Fsp3) is 0.696. The topological polar surface area (TPSA) is 76.2 Å². The number of esters is 1. The van der Waals surface area contributed by atoms with Crippen LogP contribution in [-0.4, -0.2) is 63.6 Å². The molecule has 0 aliphatic carbocycles. The standard InChI is InChI=1S/C23H36N2O5/c1-9-15-13-14-24(21(28)30-23(6,7)8)18(15)19(26)25-16(10-2)11-12-17(25)20(27)29-22(3,4)5/h9-10,15-18H,1-2,11-14H2,3-8H3/t15-,16-,17-,18-/m0/s1. The Morgan fingerprint density at radius 2 is 1.50 bits per heavy atom. The first-order valence-electron chi connectivity index (χ1n) is 10.6. The lowest BCUT2D eigenvalue weighted by molar-refractivity contribution is -0.164. The van der Waals surface area contributed by atoms with Crippen LogP contribution in [-0.2, 0) is 19.1 Å². The van der Waals surface area contributed by atoms with Gasteiger partial charge in [0, 0.05) is 12.5 Å². The van der Waals surface area contributed by atoms with Gasteiger partial charge in [0.2, 0.25) is 5.91 Å². The van der Waals surface area contributed by atoms with E-state index < -0.39 is 35.3 Å². The van der Waals surface area contributed by atoms with Crippen molar-refractivity contribution in [3.8, 4) is 0 Å². The zero-order chi connectivity index (χ0) is 22.9. The van der Waals surface area contributed by atoms with Gasteiger partial charge in [-0.1, -0.05) is 12.2 Å². The van der Waals surface area contributed by atoms with Crippen molar-refractivity contribution in [2.45, 2.75) is 90.1 Å². The Labute approximate surface area is 180 Å². The van der Waals surface area contributed by atoms with Crippen molar-refractivity contribution in [3.63, 3.8) is 0 Å². The minimum atomic E-state index is -0.761. The zero-order valence-electron chi connectivity index (χ0n) is 19.1. The van der Waals surface area contributed by atoms with Gasteiger partial charge in [-0.05, 0) is 60.8 Å². The van der Waals surface area contributed by atoms with Gasteiger partial charge in [0.15, 0.2) is 0 Å². The lowest BCUT2D eigenvalue weighted by Gasteiger charge is -2.36. The average Bonchev–Trinajstić information content (AvgIpc) is 3.22. The lowest BCUT2D eigenvalue weighted by Crippen LogP contribution is -2.55. The summed E-state index contributed by atoms with van der Waals surface area (Å²) in [5.74, 6) is -0.936. The first kappa shape index (κ1) is 24.0. The van der Waals surface area contributed by atoms with Gasteiger partial charge < -0.3 is 14.4 Å². The van der Waals surface area contributed by atoms with E-state index in [1.165, 1.54) is 4.90 Å². The number of hydrogen-bond acceptors (Lipinski definition) is 5. The highest BCUT2D eigenvalue weighted by atomic mass is 16.6. The van der Waals surface area contributed by atoms with Crippen LogP contribution < -0.4 is 0 Å². The summed E-state index contributed by atoms with van der Waals surface area (Å²) >= 11 is 0. The van der Waals surface area contributed by atoms with Gasteiger partial charge in [0.1, 0.15) is 23.3 Å². The summed E-state index contributed by atoms with van der Waals surface area (Å²) < 4.78 is 11.1. The molecule has 0 aromatic heterocycles. The van der Waals surface area contributed by atoms with Crippen molar-refractivity contribution in [1.29, 1.82) is 0 Å². The molecule has 2 aliphatic rings. The number of carbonyl (C=O) groups excluding carboxylic acids is 3. The van der Waals surface area contributed by atoms with Crippen LogP contribution in [0.1, 0.15) is 60.8 Å².